The molecule has 0 spiro atoms. The summed E-state index contributed by atoms with van der Waals surface area (Å²) in [5, 5.41) is 10.8. The molecule has 1 amide bonds. The first-order chi connectivity index (χ1) is 13.2. The zero-order chi connectivity index (χ0) is 18.6. The fraction of sp³-hybridized carbons (Fsp3) is 0.524. The van der Waals surface area contributed by atoms with E-state index in [9.17, 15) is 4.79 Å². The first-order valence-electron chi connectivity index (χ1n) is 9.81. The standard InChI is InChI=1S/C21H27N3O3/c1-26-19-6-2-14(3-7-19)20-12-18(24-27-20)10-16-13-22-9-8-15(16)11-21(25)23-17-4-5-17/h2-3,6-7,12,15-17,22H,4-5,8-11,13H2,1H3,(H,23,25)/t15-,16-/m0/s1. The van der Waals surface area contributed by atoms with Crippen molar-refractivity contribution in [2.24, 2.45) is 11.8 Å². The van der Waals surface area contributed by atoms with E-state index < -0.39 is 0 Å². The fourth-order valence-electron chi connectivity index (χ4n) is 3.81. The molecular weight excluding hydrogens is 342 g/mol. The highest BCUT2D eigenvalue weighted by atomic mass is 16.5. The first kappa shape index (κ1) is 18.0. The van der Waals surface area contributed by atoms with E-state index in [-0.39, 0.29) is 5.91 Å². The normalized spacial score (nSPS) is 22.4. The summed E-state index contributed by atoms with van der Waals surface area (Å²) in [6, 6.07) is 10.2. The summed E-state index contributed by atoms with van der Waals surface area (Å²) < 4.78 is 10.7. The summed E-state index contributed by atoms with van der Waals surface area (Å²) in [6.45, 7) is 1.90. The molecule has 2 atom stereocenters. The van der Waals surface area contributed by atoms with Gasteiger partial charge in [0, 0.05) is 24.1 Å². The lowest BCUT2D eigenvalue weighted by molar-refractivity contribution is -0.122. The van der Waals surface area contributed by atoms with Crippen LogP contribution in [0.3, 0.4) is 0 Å². The van der Waals surface area contributed by atoms with E-state index in [1.807, 2.05) is 30.3 Å². The Labute approximate surface area is 159 Å². The number of benzene rings is 1. The number of aromatic nitrogens is 1. The summed E-state index contributed by atoms with van der Waals surface area (Å²) >= 11 is 0. The van der Waals surface area contributed by atoms with Crippen LogP contribution in [0.5, 0.6) is 5.75 Å². The van der Waals surface area contributed by atoms with Crippen LogP contribution in [0.2, 0.25) is 0 Å². The predicted octanol–water partition coefficient (Wildman–Crippen LogP) is 2.79. The SMILES string of the molecule is COc1ccc(-c2cc(C[C@H]3CNCC[C@H]3CC(=O)NC3CC3)no2)cc1. The molecule has 2 fully saturated rings. The lowest BCUT2D eigenvalue weighted by Crippen LogP contribution is -2.40. The number of ether oxygens (including phenoxy) is 1. The fourth-order valence-corrected chi connectivity index (χ4v) is 3.81. The molecule has 27 heavy (non-hydrogen) atoms. The van der Waals surface area contributed by atoms with Crippen LogP contribution >= 0.6 is 0 Å². The molecule has 2 N–H and O–H groups in total. The molecule has 1 saturated heterocycles. The van der Waals surface area contributed by atoms with Gasteiger partial charge in [0.2, 0.25) is 5.91 Å². The van der Waals surface area contributed by atoms with E-state index >= 15 is 0 Å². The molecule has 1 aliphatic heterocycles. The topological polar surface area (TPSA) is 76.4 Å². The molecule has 0 radical (unpaired) electrons. The third-order valence-electron chi connectivity index (χ3n) is 5.56. The van der Waals surface area contributed by atoms with E-state index in [0.29, 0.717) is 24.3 Å². The lowest BCUT2D eigenvalue weighted by atomic mass is 9.81. The molecule has 1 aromatic carbocycles. The molecule has 1 saturated carbocycles. The van der Waals surface area contributed by atoms with Crippen LogP contribution in [0.4, 0.5) is 0 Å². The molecule has 2 heterocycles. The molecule has 6 nitrogen and oxygen atoms in total. The van der Waals surface area contributed by atoms with E-state index in [0.717, 1.165) is 61.5 Å². The number of nitrogens with zero attached hydrogens (tertiary/aromatic N) is 1. The summed E-state index contributed by atoms with van der Waals surface area (Å²) in [6.07, 6.45) is 4.74. The van der Waals surface area contributed by atoms with Crippen molar-refractivity contribution >= 4 is 5.91 Å². The molecule has 2 aliphatic rings. The zero-order valence-corrected chi connectivity index (χ0v) is 15.7. The van der Waals surface area contributed by atoms with E-state index in [1.165, 1.54) is 0 Å². The molecule has 0 unspecified atom stereocenters. The molecule has 0 bridgehead atoms. The quantitative estimate of drug-likeness (QED) is 0.785. The number of carbonyl (C=O) groups excluding carboxylic acids is 1. The van der Waals surface area contributed by atoms with Gasteiger partial charge >= 0.3 is 0 Å². The Morgan fingerprint density at radius 1 is 1.26 bits per heavy atom. The second-order valence-corrected chi connectivity index (χ2v) is 7.67. The second kappa shape index (κ2) is 8.13. The average Bonchev–Trinajstić information content (AvgIpc) is 3.38. The summed E-state index contributed by atoms with van der Waals surface area (Å²) in [7, 11) is 1.65. The summed E-state index contributed by atoms with van der Waals surface area (Å²) in [5.74, 6) is 2.58. The minimum absolute atomic E-state index is 0.202. The van der Waals surface area contributed by atoms with Gasteiger partial charge in [-0.3, -0.25) is 4.79 Å². The number of nitrogens with one attached hydrogen (secondary N) is 2. The van der Waals surface area contributed by atoms with Crippen molar-refractivity contribution in [3.8, 4) is 17.1 Å². The highest BCUT2D eigenvalue weighted by Crippen LogP contribution is 2.29. The third-order valence-corrected chi connectivity index (χ3v) is 5.56. The van der Waals surface area contributed by atoms with Crippen LogP contribution in [0, 0.1) is 11.8 Å². The number of amides is 1. The maximum absolute atomic E-state index is 12.2. The second-order valence-electron chi connectivity index (χ2n) is 7.67. The molecule has 6 heteroatoms. The van der Waals surface area contributed by atoms with Gasteiger partial charge in [0.05, 0.1) is 12.8 Å². The summed E-state index contributed by atoms with van der Waals surface area (Å²) in [4.78, 5) is 12.2. The number of carbonyl (C=O) groups is 1. The van der Waals surface area contributed by atoms with Crippen molar-refractivity contribution in [3.05, 3.63) is 36.0 Å². The van der Waals surface area contributed by atoms with Crippen molar-refractivity contribution < 1.29 is 14.1 Å². The molecule has 144 valence electrons. The minimum Gasteiger partial charge on any atom is -0.497 e. The van der Waals surface area contributed by atoms with Crippen molar-refractivity contribution in [3.63, 3.8) is 0 Å². The monoisotopic (exact) mass is 369 g/mol. The van der Waals surface area contributed by atoms with E-state index in [4.69, 9.17) is 9.26 Å². The Hall–Kier alpha value is -2.34. The Balaban J connectivity index is 1.39. The smallest absolute Gasteiger partial charge is 0.220 e. The van der Waals surface area contributed by atoms with Gasteiger partial charge in [0.25, 0.3) is 0 Å². The molecule has 2 aromatic rings. The van der Waals surface area contributed by atoms with Crippen LogP contribution in [-0.2, 0) is 11.2 Å². The lowest BCUT2D eigenvalue weighted by Gasteiger charge is -2.31. The van der Waals surface area contributed by atoms with Crippen LogP contribution < -0.4 is 15.4 Å². The molecule has 1 aliphatic carbocycles. The Kier molecular flexibility index (Phi) is 5.43. The highest BCUT2D eigenvalue weighted by molar-refractivity contribution is 5.76. The van der Waals surface area contributed by atoms with Gasteiger partial charge in [0.1, 0.15) is 5.75 Å². The molecule has 1 aromatic heterocycles. The maximum atomic E-state index is 12.2. The van der Waals surface area contributed by atoms with Gasteiger partial charge < -0.3 is 19.9 Å². The number of hydrogen-bond acceptors (Lipinski definition) is 5. The molecular formula is C21H27N3O3. The number of rotatable bonds is 7. The van der Waals surface area contributed by atoms with Crippen molar-refractivity contribution in [2.45, 2.75) is 38.1 Å². The predicted molar refractivity (Wildman–Crippen MR) is 102 cm³/mol. The van der Waals surface area contributed by atoms with Crippen molar-refractivity contribution in [1.29, 1.82) is 0 Å². The van der Waals surface area contributed by atoms with Crippen molar-refractivity contribution in [2.75, 3.05) is 20.2 Å². The summed E-state index contributed by atoms with van der Waals surface area (Å²) in [5.41, 5.74) is 1.93. The van der Waals surface area contributed by atoms with Gasteiger partial charge in [-0.25, -0.2) is 0 Å². The van der Waals surface area contributed by atoms with E-state index in [2.05, 4.69) is 15.8 Å². The Morgan fingerprint density at radius 3 is 2.81 bits per heavy atom. The van der Waals surface area contributed by atoms with Crippen molar-refractivity contribution in [1.82, 2.24) is 15.8 Å². The van der Waals surface area contributed by atoms with Crippen LogP contribution in [0.15, 0.2) is 34.9 Å². The van der Waals surface area contributed by atoms with Crippen LogP contribution in [0.1, 0.15) is 31.4 Å². The zero-order valence-electron chi connectivity index (χ0n) is 15.7. The Morgan fingerprint density at radius 2 is 2.07 bits per heavy atom. The highest BCUT2D eigenvalue weighted by Gasteiger charge is 2.30. The first-order valence-corrected chi connectivity index (χ1v) is 9.81. The minimum atomic E-state index is 0.202. The van der Waals surface area contributed by atoms with Crippen LogP contribution in [-0.4, -0.2) is 37.3 Å². The van der Waals surface area contributed by atoms with Gasteiger partial charge in [-0.05, 0) is 74.9 Å². The van der Waals surface area contributed by atoms with Gasteiger partial charge in [0.15, 0.2) is 5.76 Å². The third kappa shape index (κ3) is 4.69. The largest absolute Gasteiger partial charge is 0.497 e. The average molecular weight is 369 g/mol. The molecule has 4 rings (SSSR count). The van der Waals surface area contributed by atoms with Crippen LogP contribution in [0.25, 0.3) is 11.3 Å². The van der Waals surface area contributed by atoms with E-state index in [1.54, 1.807) is 7.11 Å². The maximum Gasteiger partial charge on any atom is 0.220 e. The Bertz CT molecular complexity index is 767. The van der Waals surface area contributed by atoms with Gasteiger partial charge in [-0.15, -0.1) is 0 Å². The number of methoxy groups -OCH3 is 1. The number of hydrogen-bond donors (Lipinski definition) is 2. The van der Waals surface area contributed by atoms with Gasteiger partial charge in [-0.2, -0.15) is 0 Å². The van der Waals surface area contributed by atoms with Gasteiger partial charge in [-0.1, -0.05) is 5.16 Å². The number of piperidine rings is 1.